The molecule has 5 heteroatoms. The maximum Gasteiger partial charge on any atom is 0.257 e. The number of carbonyl (C=O) groups excluding carboxylic acids is 1. The van der Waals surface area contributed by atoms with E-state index in [0.717, 1.165) is 23.5 Å². The van der Waals surface area contributed by atoms with Crippen LogP contribution in [0.3, 0.4) is 0 Å². The van der Waals surface area contributed by atoms with Crippen LogP contribution in [0.1, 0.15) is 22.8 Å². The van der Waals surface area contributed by atoms with Crippen molar-refractivity contribution in [2.45, 2.75) is 13.8 Å². The van der Waals surface area contributed by atoms with E-state index in [1.54, 1.807) is 24.5 Å². The van der Waals surface area contributed by atoms with Crippen LogP contribution in [0, 0.1) is 6.92 Å². The van der Waals surface area contributed by atoms with Gasteiger partial charge in [-0.3, -0.25) is 9.78 Å². The summed E-state index contributed by atoms with van der Waals surface area (Å²) >= 11 is 6.03. The summed E-state index contributed by atoms with van der Waals surface area (Å²) in [5.74, 6) is -0.214. The summed E-state index contributed by atoms with van der Waals surface area (Å²) in [7, 11) is 0. The standard InChI is InChI=1S/C21H20ClN3O/c1-3-25(18-7-5-4-6-8-18)19-11-16(13-23-14-19)21(26)24-20-12-17(22)10-9-15(20)2/h4-14H,3H2,1-2H3,(H,24,26). The van der Waals surface area contributed by atoms with Crippen LogP contribution in [0.5, 0.6) is 0 Å². The van der Waals surface area contributed by atoms with E-state index >= 15 is 0 Å². The van der Waals surface area contributed by atoms with Crippen molar-refractivity contribution in [1.29, 1.82) is 0 Å². The van der Waals surface area contributed by atoms with Gasteiger partial charge in [-0.05, 0) is 49.7 Å². The number of hydrogen-bond acceptors (Lipinski definition) is 3. The highest BCUT2D eigenvalue weighted by atomic mass is 35.5. The number of para-hydroxylation sites is 1. The van der Waals surface area contributed by atoms with Crippen molar-refractivity contribution in [3.05, 3.63) is 83.1 Å². The van der Waals surface area contributed by atoms with E-state index in [2.05, 4.69) is 22.1 Å². The molecule has 1 aromatic heterocycles. The second kappa shape index (κ2) is 8.02. The molecule has 0 atom stereocenters. The Labute approximate surface area is 158 Å². The van der Waals surface area contributed by atoms with Gasteiger partial charge < -0.3 is 10.2 Å². The highest BCUT2D eigenvalue weighted by molar-refractivity contribution is 6.31. The number of nitrogens with zero attached hydrogens (tertiary/aromatic N) is 2. The zero-order valence-corrected chi connectivity index (χ0v) is 15.5. The predicted octanol–water partition coefficient (Wildman–Crippen LogP) is 5.45. The van der Waals surface area contributed by atoms with Gasteiger partial charge >= 0.3 is 0 Å². The molecular weight excluding hydrogens is 346 g/mol. The topological polar surface area (TPSA) is 45.2 Å². The molecule has 0 fully saturated rings. The van der Waals surface area contributed by atoms with Crippen LogP contribution < -0.4 is 10.2 Å². The monoisotopic (exact) mass is 365 g/mol. The highest BCUT2D eigenvalue weighted by Crippen LogP contribution is 2.25. The molecule has 0 radical (unpaired) electrons. The molecule has 3 aromatic rings. The Morgan fingerprint density at radius 3 is 2.58 bits per heavy atom. The van der Waals surface area contributed by atoms with Gasteiger partial charge in [-0.15, -0.1) is 0 Å². The van der Waals surface area contributed by atoms with Gasteiger partial charge in [-0.1, -0.05) is 35.9 Å². The zero-order chi connectivity index (χ0) is 18.5. The van der Waals surface area contributed by atoms with E-state index in [4.69, 9.17) is 11.6 Å². The largest absolute Gasteiger partial charge is 0.340 e. The molecule has 0 aliphatic heterocycles. The van der Waals surface area contributed by atoms with Gasteiger partial charge in [0.25, 0.3) is 5.91 Å². The van der Waals surface area contributed by atoms with E-state index in [0.29, 0.717) is 16.3 Å². The quantitative estimate of drug-likeness (QED) is 0.653. The van der Waals surface area contributed by atoms with Gasteiger partial charge in [0.15, 0.2) is 0 Å². The SMILES string of the molecule is CCN(c1ccccc1)c1cncc(C(=O)Nc2cc(Cl)ccc2C)c1. The maximum absolute atomic E-state index is 12.7. The van der Waals surface area contributed by atoms with E-state index in [-0.39, 0.29) is 5.91 Å². The van der Waals surface area contributed by atoms with Crippen LogP contribution in [-0.4, -0.2) is 17.4 Å². The van der Waals surface area contributed by atoms with E-state index in [1.807, 2.05) is 49.4 Å². The van der Waals surface area contributed by atoms with Crippen molar-refractivity contribution < 1.29 is 4.79 Å². The Morgan fingerprint density at radius 2 is 1.85 bits per heavy atom. The van der Waals surface area contributed by atoms with E-state index in [9.17, 15) is 4.79 Å². The van der Waals surface area contributed by atoms with Crippen molar-refractivity contribution in [3.8, 4) is 0 Å². The van der Waals surface area contributed by atoms with Crippen LogP contribution in [0.2, 0.25) is 5.02 Å². The lowest BCUT2D eigenvalue weighted by molar-refractivity contribution is 0.102. The molecule has 0 unspecified atom stereocenters. The predicted molar refractivity (Wildman–Crippen MR) is 108 cm³/mol. The molecule has 26 heavy (non-hydrogen) atoms. The second-order valence-electron chi connectivity index (χ2n) is 5.92. The summed E-state index contributed by atoms with van der Waals surface area (Å²) in [5.41, 5.74) is 4.07. The molecule has 1 heterocycles. The molecule has 0 spiro atoms. The fourth-order valence-electron chi connectivity index (χ4n) is 2.75. The minimum atomic E-state index is -0.214. The van der Waals surface area contributed by atoms with Crippen molar-refractivity contribution in [2.24, 2.45) is 0 Å². The molecule has 0 saturated carbocycles. The maximum atomic E-state index is 12.7. The Bertz CT molecular complexity index is 912. The Balaban J connectivity index is 1.86. The molecule has 2 aromatic carbocycles. The van der Waals surface area contributed by atoms with Crippen molar-refractivity contribution in [2.75, 3.05) is 16.8 Å². The summed E-state index contributed by atoms with van der Waals surface area (Å²) in [6, 6.07) is 17.3. The average Bonchev–Trinajstić information content (AvgIpc) is 2.66. The van der Waals surface area contributed by atoms with Gasteiger partial charge in [-0.25, -0.2) is 0 Å². The number of hydrogen-bond donors (Lipinski definition) is 1. The Kier molecular flexibility index (Phi) is 5.54. The summed E-state index contributed by atoms with van der Waals surface area (Å²) in [6.07, 6.45) is 3.33. The van der Waals surface area contributed by atoms with Crippen LogP contribution in [-0.2, 0) is 0 Å². The average molecular weight is 366 g/mol. The fraction of sp³-hybridized carbons (Fsp3) is 0.143. The number of carbonyl (C=O) groups is 1. The first kappa shape index (κ1) is 18.0. The fourth-order valence-corrected chi connectivity index (χ4v) is 2.92. The van der Waals surface area contributed by atoms with Crippen LogP contribution >= 0.6 is 11.6 Å². The minimum absolute atomic E-state index is 0.214. The second-order valence-corrected chi connectivity index (χ2v) is 6.36. The number of aromatic nitrogens is 1. The molecule has 3 rings (SSSR count). The van der Waals surface area contributed by atoms with Crippen molar-refractivity contribution in [3.63, 3.8) is 0 Å². The third kappa shape index (κ3) is 4.03. The summed E-state index contributed by atoms with van der Waals surface area (Å²) in [5, 5.41) is 3.49. The highest BCUT2D eigenvalue weighted by Gasteiger charge is 2.13. The van der Waals surface area contributed by atoms with Gasteiger partial charge in [0.1, 0.15) is 0 Å². The number of benzene rings is 2. The third-order valence-electron chi connectivity index (χ3n) is 4.13. The molecule has 1 N–H and O–H groups in total. The first-order valence-electron chi connectivity index (χ1n) is 8.43. The molecule has 4 nitrogen and oxygen atoms in total. The number of amides is 1. The lowest BCUT2D eigenvalue weighted by Gasteiger charge is -2.23. The van der Waals surface area contributed by atoms with Gasteiger partial charge in [0.05, 0.1) is 17.4 Å². The molecule has 0 aliphatic rings. The zero-order valence-electron chi connectivity index (χ0n) is 14.7. The van der Waals surface area contributed by atoms with Gasteiger partial charge in [0, 0.05) is 29.1 Å². The Morgan fingerprint density at radius 1 is 1.08 bits per heavy atom. The molecule has 0 bridgehead atoms. The summed E-state index contributed by atoms with van der Waals surface area (Å²) < 4.78 is 0. The summed E-state index contributed by atoms with van der Waals surface area (Å²) in [6.45, 7) is 4.76. The minimum Gasteiger partial charge on any atom is -0.340 e. The normalized spacial score (nSPS) is 10.4. The number of halogens is 1. The number of rotatable bonds is 5. The third-order valence-corrected chi connectivity index (χ3v) is 4.36. The number of nitrogens with one attached hydrogen (secondary N) is 1. The van der Waals surface area contributed by atoms with Crippen LogP contribution in [0.15, 0.2) is 67.0 Å². The number of pyridine rings is 1. The Hall–Kier alpha value is -2.85. The smallest absolute Gasteiger partial charge is 0.257 e. The lowest BCUT2D eigenvalue weighted by Crippen LogP contribution is -2.18. The van der Waals surface area contributed by atoms with Gasteiger partial charge in [-0.2, -0.15) is 0 Å². The molecule has 0 aliphatic carbocycles. The first-order chi connectivity index (χ1) is 12.6. The molecule has 1 amide bonds. The number of anilines is 3. The van der Waals surface area contributed by atoms with Gasteiger partial charge in [0.2, 0.25) is 0 Å². The van der Waals surface area contributed by atoms with Crippen LogP contribution in [0.4, 0.5) is 17.1 Å². The summed E-state index contributed by atoms with van der Waals surface area (Å²) in [4.78, 5) is 19.0. The first-order valence-corrected chi connectivity index (χ1v) is 8.81. The molecule has 0 saturated heterocycles. The molecule has 132 valence electrons. The van der Waals surface area contributed by atoms with E-state index in [1.165, 1.54) is 0 Å². The molecular formula is C21H20ClN3O. The van der Waals surface area contributed by atoms with E-state index < -0.39 is 0 Å². The van der Waals surface area contributed by atoms with Crippen molar-refractivity contribution >= 4 is 34.6 Å². The lowest BCUT2D eigenvalue weighted by atomic mass is 10.1. The van der Waals surface area contributed by atoms with Crippen molar-refractivity contribution in [1.82, 2.24) is 4.98 Å². The number of aryl methyl sites for hydroxylation is 1. The van der Waals surface area contributed by atoms with Crippen LogP contribution in [0.25, 0.3) is 0 Å².